The number of nitrogens with zero attached hydrogens (tertiary/aromatic N) is 1. The Morgan fingerprint density at radius 1 is 1.65 bits per heavy atom. The van der Waals surface area contributed by atoms with E-state index in [1.807, 2.05) is 6.07 Å². The second-order valence-corrected chi connectivity index (χ2v) is 4.65. The summed E-state index contributed by atoms with van der Waals surface area (Å²) in [5.74, 6) is 0.739. The number of carbonyl (C=O) groups is 1. The third-order valence-corrected chi connectivity index (χ3v) is 3.59. The lowest BCUT2D eigenvalue weighted by molar-refractivity contribution is -0.124. The van der Waals surface area contributed by atoms with Gasteiger partial charge in [-0.15, -0.1) is 0 Å². The number of pyridine rings is 1. The van der Waals surface area contributed by atoms with Crippen molar-refractivity contribution in [3.63, 3.8) is 0 Å². The number of Topliss-reactive ketones (excluding diaryl/α,β-unsaturated/α-hetero) is 1. The van der Waals surface area contributed by atoms with Gasteiger partial charge in [0, 0.05) is 12.6 Å². The summed E-state index contributed by atoms with van der Waals surface area (Å²) in [7, 11) is 0. The number of rotatable bonds is 4. The largest absolute Gasteiger partial charge is 0.384 e. The molecule has 0 amide bonds. The van der Waals surface area contributed by atoms with Crippen molar-refractivity contribution in [1.29, 1.82) is 0 Å². The van der Waals surface area contributed by atoms with Gasteiger partial charge in [-0.1, -0.05) is 6.92 Å². The first-order valence-corrected chi connectivity index (χ1v) is 6.15. The van der Waals surface area contributed by atoms with Crippen molar-refractivity contribution in [2.45, 2.75) is 38.1 Å². The van der Waals surface area contributed by atoms with Gasteiger partial charge >= 0.3 is 0 Å². The zero-order valence-electron chi connectivity index (χ0n) is 10.2. The summed E-state index contributed by atoms with van der Waals surface area (Å²) < 4.78 is 0. The summed E-state index contributed by atoms with van der Waals surface area (Å²) in [6, 6.07) is 3.63. The summed E-state index contributed by atoms with van der Waals surface area (Å²) in [6.07, 6.45) is 4.97. The Bertz CT molecular complexity index is 411. The molecule has 0 aliphatic carbocycles. The van der Waals surface area contributed by atoms with E-state index in [9.17, 15) is 4.79 Å². The highest BCUT2D eigenvalue weighted by Gasteiger charge is 2.38. The number of nitrogens with two attached hydrogens (primary N) is 1. The van der Waals surface area contributed by atoms with Crippen LogP contribution in [0, 0.1) is 0 Å². The zero-order valence-corrected chi connectivity index (χ0v) is 10.2. The molecule has 2 rings (SSSR count). The SMILES string of the molecule is CCC1(C(=O)Cc2ccnc(N)c2)CCCN1. The van der Waals surface area contributed by atoms with E-state index >= 15 is 0 Å². The molecule has 92 valence electrons. The zero-order chi connectivity index (χ0) is 12.3. The van der Waals surface area contributed by atoms with Crippen LogP contribution in [-0.4, -0.2) is 22.9 Å². The molecule has 0 aromatic carbocycles. The van der Waals surface area contributed by atoms with Crippen LogP contribution in [0.25, 0.3) is 0 Å². The van der Waals surface area contributed by atoms with E-state index in [1.165, 1.54) is 0 Å². The molecule has 0 spiro atoms. The summed E-state index contributed by atoms with van der Waals surface area (Å²) in [6.45, 7) is 3.01. The molecule has 4 nitrogen and oxygen atoms in total. The maximum Gasteiger partial charge on any atom is 0.157 e. The molecule has 1 unspecified atom stereocenters. The number of carbonyl (C=O) groups excluding carboxylic acids is 1. The van der Waals surface area contributed by atoms with Gasteiger partial charge in [0.25, 0.3) is 0 Å². The number of hydrogen-bond donors (Lipinski definition) is 2. The number of nitrogens with one attached hydrogen (secondary N) is 1. The maximum atomic E-state index is 12.4. The lowest BCUT2D eigenvalue weighted by Crippen LogP contribution is -2.47. The van der Waals surface area contributed by atoms with Gasteiger partial charge in [0.1, 0.15) is 5.82 Å². The fraction of sp³-hybridized carbons (Fsp3) is 0.538. The normalized spacial score (nSPS) is 23.8. The van der Waals surface area contributed by atoms with Gasteiger partial charge in [0.05, 0.1) is 5.54 Å². The van der Waals surface area contributed by atoms with E-state index < -0.39 is 0 Å². The number of nitrogen functional groups attached to an aromatic ring is 1. The lowest BCUT2D eigenvalue weighted by Gasteiger charge is -2.26. The molecule has 0 radical (unpaired) electrons. The van der Waals surface area contributed by atoms with Crippen molar-refractivity contribution < 1.29 is 4.79 Å². The Kier molecular flexibility index (Phi) is 3.43. The smallest absolute Gasteiger partial charge is 0.157 e. The third-order valence-electron chi connectivity index (χ3n) is 3.59. The van der Waals surface area contributed by atoms with E-state index in [2.05, 4.69) is 17.2 Å². The predicted octanol–water partition coefficient (Wildman–Crippen LogP) is 1.31. The van der Waals surface area contributed by atoms with E-state index in [0.717, 1.165) is 31.4 Å². The van der Waals surface area contributed by atoms with Crippen molar-refractivity contribution in [3.05, 3.63) is 23.9 Å². The summed E-state index contributed by atoms with van der Waals surface area (Å²) in [5.41, 5.74) is 6.26. The first kappa shape index (κ1) is 12.0. The molecule has 0 saturated carbocycles. The highest BCUT2D eigenvalue weighted by Crippen LogP contribution is 2.25. The van der Waals surface area contributed by atoms with Crippen molar-refractivity contribution in [3.8, 4) is 0 Å². The quantitative estimate of drug-likeness (QED) is 0.822. The van der Waals surface area contributed by atoms with Crippen molar-refractivity contribution in [1.82, 2.24) is 10.3 Å². The molecule has 1 aromatic rings. The lowest BCUT2D eigenvalue weighted by atomic mass is 9.86. The van der Waals surface area contributed by atoms with Gasteiger partial charge in [-0.25, -0.2) is 4.98 Å². The standard InChI is InChI=1S/C13H19N3O/c1-2-13(5-3-6-16-13)11(17)8-10-4-7-15-12(14)9-10/h4,7,9,16H,2-3,5-6,8H2,1H3,(H2,14,15). The van der Waals surface area contributed by atoms with Crippen LogP contribution >= 0.6 is 0 Å². The Hall–Kier alpha value is -1.42. The number of aromatic nitrogens is 1. The Balaban J connectivity index is 2.10. The molecule has 1 aliphatic rings. The Morgan fingerprint density at radius 3 is 3.06 bits per heavy atom. The van der Waals surface area contributed by atoms with Crippen molar-refractivity contribution in [2.24, 2.45) is 0 Å². The fourth-order valence-electron chi connectivity index (χ4n) is 2.50. The summed E-state index contributed by atoms with van der Waals surface area (Å²) in [4.78, 5) is 16.3. The average Bonchev–Trinajstić information content (AvgIpc) is 2.78. The maximum absolute atomic E-state index is 12.4. The van der Waals surface area contributed by atoms with Gasteiger partial charge in [-0.05, 0) is 43.5 Å². The average molecular weight is 233 g/mol. The van der Waals surface area contributed by atoms with Crippen LogP contribution in [-0.2, 0) is 11.2 Å². The number of ketones is 1. The third kappa shape index (κ3) is 2.47. The Morgan fingerprint density at radius 2 is 2.47 bits per heavy atom. The Labute approximate surface area is 102 Å². The number of hydrogen-bond acceptors (Lipinski definition) is 4. The minimum Gasteiger partial charge on any atom is -0.384 e. The number of anilines is 1. The molecule has 2 heterocycles. The molecule has 1 saturated heterocycles. The highest BCUT2D eigenvalue weighted by molar-refractivity contribution is 5.90. The second kappa shape index (κ2) is 4.84. The van der Waals surface area contributed by atoms with E-state index in [1.54, 1.807) is 12.3 Å². The van der Waals surface area contributed by atoms with Gasteiger partial charge in [-0.2, -0.15) is 0 Å². The summed E-state index contributed by atoms with van der Waals surface area (Å²) >= 11 is 0. The second-order valence-electron chi connectivity index (χ2n) is 4.65. The highest BCUT2D eigenvalue weighted by atomic mass is 16.1. The molecular weight excluding hydrogens is 214 g/mol. The van der Waals surface area contributed by atoms with Gasteiger partial charge in [-0.3, -0.25) is 4.79 Å². The molecule has 1 fully saturated rings. The molecule has 1 atom stereocenters. The molecular formula is C13H19N3O. The van der Waals surface area contributed by atoms with Crippen LogP contribution < -0.4 is 11.1 Å². The van der Waals surface area contributed by atoms with E-state index in [4.69, 9.17) is 5.73 Å². The van der Waals surface area contributed by atoms with Gasteiger partial charge in [0.2, 0.25) is 0 Å². The minimum absolute atomic E-state index is 0.267. The van der Waals surface area contributed by atoms with Gasteiger partial charge in [0.15, 0.2) is 5.78 Å². The van der Waals surface area contributed by atoms with Gasteiger partial charge < -0.3 is 11.1 Å². The van der Waals surface area contributed by atoms with Crippen LogP contribution in [0.2, 0.25) is 0 Å². The van der Waals surface area contributed by atoms with Crippen LogP contribution in [0.5, 0.6) is 0 Å². The molecule has 4 heteroatoms. The first-order valence-electron chi connectivity index (χ1n) is 6.15. The topological polar surface area (TPSA) is 68.0 Å². The van der Waals surface area contributed by atoms with Crippen LogP contribution in [0.1, 0.15) is 31.7 Å². The van der Waals surface area contributed by atoms with Crippen LogP contribution in [0.15, 0.2) is 18.3 Å². The first-order chi connectivity index (χ1) is 8.16. The summed E-state index contributed by atoms with van der Waals surface area (Å²) in [5, 5.41) is 3.36. The van der Waals surface area contributed by atoms with Crippen LogP contribution in [0.3, 0.4) is 0 Å². The molecule has 3 N–H and O–H groups in total. The molecule has 0 bridgehead atoms. The fourth-order valence-corrected chi connectivity index (χ4v) is 2.50. The molecule has 17 heavy (non-hydrogen) atoms. The molecule has 1 aliphatic heterocycles. The van der Waals surface area contributed by atoms with Crippen molar-refractivity contribution >= 4 is 11.6 Å². The monoisotopic (exact) mass is 233 g/mol. The van der Waals surface area contributed by atoms with E-state index in [0.29, 0.717) is 12.2 Å². The van der Waals surface area contributed by atoms with Crippen molar-refractivity contribution in [2.75, 3.05) is 12.3 Å². The predicted molar refractivity (Wildman–Crippen MR) is 67.6 cm³/mol. The van der Waals surface area contributed by atoms with E-state index in [-0.39, 0.29) is 11.3 Å². The minimum atomic E-state index is -0.308. The molecule has 1 aromatic heterocycles. The van der Waals surface area contributed by atoms with Crippen LogP contribution in [0.4, 0.5) is 5.82 Å².